The molecule has 0 aromatic carbocycles. The van der Waals surface area contributed by atoms with E-state index in [1.807, 2.05) is 23.1 Å². The molecule has 3 rings (SSSR count). The lowest BCUT2D eigenvalue weighted by molar-refractivity contribution is 0.301. The van der Waals surface area contributed by atoms with Crippen molar-refractivity contribution < 1.29 is 0 Å². The topological polar surface area (TPSA) is 55.6 Å². The second-order valence-electron chi connectivity index (χ2n) is 4.82. The third-order valence-corrected chi connectivity index (χ3v) is 3.71. The lowest BCUT2D eigenvalue weighted by Gasteiger charge is -2.32. The fourth-order valence-electron chi connectivity index (χ4n) is 2.67. The number of hydrogen-bond acceptors (Lipinski definition) is 4. The van der Waals surface area contributed by atoms with Crippen LogP contribution in [0.3, 0.4) is 0 Å². The van der Waals surface area contributed by atoms with Gasteiger partial charge in [0.15, 0.2) is 0 Å². The van der Waals surface area contributed by atoms with Crippen molar-refractivity contribution in [3.8, 4) is 0 Å². The van der Waals surface area contributed by atoms with Crippen LogP contribution in [0.15, 0.2) is 30.9 Å². The molecule has 19 heavy (non-hydrogen) atoms. The van der Waals surface area contributed by atoms with Gasteiger partial charge in [0, 0.05) is 12.4 Å². The van der Waals surface area contributed by atoms with E-state index in [-0.39, 0.29) is 0 Å². The Morgan fingerprint density at radius 1 is 1.26 bits per heavy atom. The van der Waals surface area contributed by atoms with Crippen LogP contribution in [0.5, 0.6) is 0 Å². The molecule has 1 aliphatic rings. The molecule has 2 unspecified atom stereocenters. The molecule has 0 amide bonds. The number of rotatable bonds is 3. The second kappa shape index (κ2) is 5.57. The van der Waals surface area contributed by atoms with E-state index in [2.05, 4.69) is 20.4 Å². The van der Waals surface area contributed by atoms with Gasteiger partial charge in [0.25, 0.3) is 0 Å². The van der Waals surface area contributed by atoms with Gasteiger partial charge in [0.2, 0.25) is 0 Å². The Morgan fingerprint density at radius 2 is 2.16 bits per heavy atom. The Bertz CT molecular complexity index is 528. The van der Waals surface area contributed by atoms with Crippen molar-refractivity contribution in [1.82, 2.24) is 19.7 Å². The normalized spacial score (nSPS) is 23.2. The fraction of sp³-hybridized carbons (Fsp3) is 0.462. The Hall–Kier alpha value is -1.62. The van der Waals surface area contributed by atoms with E-state index >= 15 is 0 Å². The van der Waals surface area contributed by atoms with Gasteiger partial charge in [0.1, 0.15) is 11.0 Å². The summed E-state index contributed by atoms with van der Waals surface area (Å²) in [4.78, 5) is 8.30. The Balaban J connectivity index is 1.77. The molecule has 5 nitrogen and oxygen atoms in total. The second-order valence-corrected chi connectivity index (χ2v) is 5.20. The first-order valence-corrected chi connectivity index (χ1v) is 6.94. The summed E-state index contributed by atoms with van der Waals surface area (Å²) in [7, 11) is 0. The van der Waals surface area contributed by atoms with Crippen molar-refractivity contribution >= 4 is 17.4 Å². The summed E-state index contributed by atoms with van der Waals surface area (Å²) in [6.07, 6.45) is 11.8. The first kappa shape index (κ1) is 12.4. The largest absolute Gasteiger partial charge is 0.364 e. The van der Waals surface area contributed by atoms with E-state index in [1.165, 1.54) is 12.8 Å². The zero-order valence-electron chi connectivity index (χ0n) is 10.5. The van der Waals surface area contributed by atoms with Gasteiger partial charge in [-0.2, -0.15) is 5.10 Å². The first-order chi connectivity index (χ1) is 9.33. The average molecular weight is 278 g/mol. The van der Waals surface area contributed by atoms with Crippen LogP contribution in [-0.2, 0) is 0 Å². The molecule has 2 atom stereocenters. The molecule has 0 aliphatic heterocycles. The summed E-state index contributed by atoms with van der Waals surface area (Å²) >= 11 is 5.87. The van der Waals surface area contributed by atoms with Crippen molar-refractivity contribution in [2.75, 3.05) is 5.32 Å². The number of anilines is 1. The van der Waals surface area contributed by atoms with Crippen LogP contribution in [-0.4, -0.2) is 25.8 Å². The molecule has 1 saturated carbocycles. The first-order valence-electron chi connectivity index (χ1n) is 6.56. The minimum Gasteiger partial charge on any atom is -0.364 e. The maximum absolute atomic E-state index is 5.87. The SMILES string of the molecule is Clc1cncc(NC2CCCCC2n2cccn2)n1. The molecule has 0 spiro atoms. The molecular weight excluding hydrogens is 262 g/mol. The van der Waals surface area contributed by atoms with Crippen LogP contribution in [0.25, 0.3) is 0 Å². The lowest BCUT2D eigenvalue weighted by Crippen LogP contribution is -2.34. The van der Waals surface area contributed by atoms with Gasteiger partial charge < -0.3 is 5.32 Å². The summed E-state index contributed by atoms with van der Waals surface area (Å²) in [5.74, 6) is 0.733. The summed E-state index contributed by atoms with van der Waals surface area (Å²) in [6, 6.07) is 2.65. The van der Waals surface area contributed by atoms with Crippen molar-refractivity contribution in [2.24, 2.45) is 0 Å². The van der Waals surface area contributed by atoms with Crippen molar-refractivity contribution in [2.45, 2.75) is 37.8 Å². The zero-order valence-corrected chi connectivity index (χ0v) is 11.3. The molecule has 2 aromatic heterocycles. The Labute approximate surface area is 117 Å². The van der Waals surface area contributed by atoms with E-state index in [4.69, 9.17) is 11.6 Å². The third kappa shape index (κ3) is 2.87. The Kier molecular flexibility index (Phi) is 3.64. The number of hydrogen-bond donors (Lipinski definition) is 1. The Morgan fingerprint density at radius 3 is 2.95 bits per heavy atom. The highest BCUT2D eigenvalue weighted by atomic mass is 35.5. The van der Waals surface area contributed by atoms with Crippen LogP contribution in [0.4, 0.5) is 5.82 Å². The third-order valence-electron chi connectivity index (χ3n) is 3.53. The quantitative estimate of drug-likeness (QED) is 0.937. The van der Waals surface area contributed by atoms with E-state index in [1.54, 1.807) is 12.4 Å². The number of nitrogens with zero attached hydrogens (tertiary/aromatic N) is 4. The van der Waals surface area contributed by atoms with Crippen molar-refractivity contribution in [3.63, 3.8) is 0 Å². The average Bonchev–Trinajstić information content (AvgIpc) is 2.93. The van der Waals surface area contributed by atoms with Gasteiger partial charge in [-0.3, -0.25) is 9.67 Å². The van der Waals surface area contributed by atoms with E-state index in [0.717, 1.165) is 18.7 Å². The molecule has 0 saturated heterocycles. The summed E-state index contributed by atoms with van der Waals surface area (Å²) in [5.41, 5.74) is 0. The summed E-state index contributed by atoms with van der Waals surface area (Å²) in [5, 5.41) is 8.22. The minimum absolute atomic E-state index is 0.321. The van der Waals surface area contributed by atoms with Crippen LogP contribution in [0, 0.1) is 0 Å². The molecular formula is C13H16ClN5. The molecule has 2 aromatic rings. The molecule has 2 heterocycles. The maximum Gasteiger partial charge on any atom is 0.149 e. The number of nitrogens with one attached hydrogen (secondary N) is 1. The van der Waals surface area contributed by atoms with Crippen LogP contribution in [0.1, 0.15) is 31.7 Å². The molecule has 100 valence electrons. The van der Waals surface area contributed by atoms with Crippen LogP contribution >= 0.6 is 11.6 Å². The standard InChI is InChI=1S/C13H16ClN5/c14-12-8-15-9-13(18-12)17-10-4-1-2-5-11(10)19-7-3-6-16-19/h3,6-11H,1-2,4-5H2,(H,17,18). The maximum atomic E-state index is 5.87. The van der Waals surface area contributed by atoms with Gasteiger partial charge in [0.05, 0.1) is 24.5 Å². The van der Waals surface area contributed by atoms with Crippen LogP contribution in [0.2, 0.25) is 5.15 Å². The molecule has 1 fully saturated rings. The lowest BCUT2D eigenvalue weighted by atomic mass is 9.90. The molecule has 0 radical (unpaired) electrons. The van der Waals surface area contributed by atoms with Crippen LogP contribution < -0.4 is 5.32 Å². The molecule has 1 aliphatic carbocycles. The summed E-state index contributed by atoms with van der Waals surface area (Å²) < 4.78 is 2.04. The molecule has 1 N–H and O–H groups in total. The van der Waals surface area contributed by atoms with Gasteiger partial charge >= 0.3 is 0 Å². The van der Waals surface area contributed by atoms with Gasteiger partial charge in [-0.05, 0) is 18.9 Å². The molecule has 0 bridgehead atoms. The summed E-state index contributed by atoms with van der Waals surface area (Å²) in [6.45, 7) is 0. The molecule has 6 heteroatoms. The van der Waals surface area contributed by atoms with Gasteiger partial charge in [-0.25, -0.2) is 4.98 Å². The minimum atomic E-state index is 0.321. The van der Waals surface area contributed by atoms with Gasteiger partial charge in [-0.1, -0.05) is 24.4 Å². The highest BCUT2D eigenvalue weighted by molar-refractivity contribution is 6.29. The van der Waals surface area contributed by atoms with Crippen molar-refractivity contribution in [3.05, 3.63) is 36.0 Å². The van der Waals surface area contributed by atoms with E-state index in [0.29, 0.717) is 17.2 Å². The monoisotopic (exact) mass is 277 g/mol. The fourth-order valence-corrected chi connectivity index (χ4v) is 2.82. The number of aromatic nitrogens is 4. The zero-order chi connectivity index (χ0) is 13.1. The highest BCUT2D eigenvalue weighted by Gasteiger charge is 2.27. The number of halogens is 1. The highest BCUT2D eigenvalue weighted by Crippen LogP contribution is 2.30. The van der Waals surface area contributed by atoms with E-state index in [9.17, 15) is 0 Å². The predicted molar refractivity (Wildman–Crippen MR) is 74.2 cm³/mol. The smallest absolute Gasteiger partial charge is 0.149 e. The van der Waals surface area contributed by atoms with Gasteiger partial charge in [-0.15, -0.1) is 0 Å². The predicted octanol–water partition coefficient (Wildman–Crippen LogP) is 2.92. The van der Waals surface area contributed by atoms with E-state index < -0.39 is 0 Å². The van der Waals surface area contributed by atoms with Crippen molar-refractivity contribution in [1.29, 1.82) is 0 Å².